The van der Waals surface area contributed by atoms with E-state index in [0.29, 0.717) is 41.7 Å². The van der Waals surface area contributed by atoms with Gasteiger partial charge in [0, 0.05) is 12.7 Å². The van der Waals surface area contributed by atoms with Crippen molar-refractivity contribution in [3.63, 3.8) is 0 Å². The van der Waals surface area contributed by atoms with E-state index >= 15 is 0 Å². The van der Waals surface area contributed by atoms with E-state index in [-0.39, 0.29) is 21.0 Å². The molecular formula is C22H19ClN4O5S2. The molecule has 0 saturated heterocycles. The third kappa shape index (κ3) is 5.49. The van der Waals surface area contributed by atoms with Gasteiger partial charge in [0.15, 0.2) is 5.84 Å². The van der Waals surface area contributed by atoms with E-state index in [9.17, 15) is 13.2 Å². The molecule has 0 fully saturated rings. The van der Waals surface area contributed by atoms with Gasteiger partial charge in [-0.2, -0.15) is 10.0 Å². The number of amidine groups is 2. The zero-order valence-corrected chi connectivity index (χ0v) is 20.3. The van der Waals surface area contributed by atoms with Crippen LogP contribution in [-0.2, 0) is 14.6 Å². The first-order valence-electron chi connectivity index (χ1n) is 10.0. The molecule has 2 heterocycles. The number of nitrogens with one attached hydrogen (secondary N) is 1. The van der Waals surface area contributed by atoms with Gasteiger partial charge in [-0.3, -0.25) is 10.2 Å². The average molecular weight is 519 g/mol. The van der Waals surface area contributed by atoms with Crippen LogP contribution in [0.1, 0.15) is 12.0 Å². The maximum atomic E-state index is 12.4. The van der Waals surface area contributed by atoms with E-state index < -0.39 is 15.7 Å². The Morgan fingerprint density at radius 3 is 2.53 bits per heavy atom. The van der Waals surface area contributed by atoms with Crippen LogP contribution in [0.4, 0.5) is 0 Å². The molecular weight excluding hydrogens is 500 g/mol. The molecule has 2 aliphatic rings. The Kier molecular flexibility index (Phi) is 7.05. The number of hydrogen-bond donors (Lipinski definition) is 1. The highest BCUT2D eigenvalue weighted by Crippen LogP contribution is 2.30. The highest BCUT2D eigenvalue weighted by molar-refractivity contribution is 8.42. The van der Waals surface area contributed by atoms with Gasteiger partial charge in [-0.05, 0) is 47.7 Å². The molecule has 12 heteroatoms. The first-order chi connectivity index (χ1) is 16.2. The number of amides is 1. The molecule has 0 radical (unpaired) electrons. The molecule has 176 valence electrons. The highest BCUT2D eigenvalue weighted by Gasteiger charge is 2.38. The zero-order valence-electron chi connectivity index (χ0n) is 17.9. The number of benzene rings is 2. The number of rotatable bonds is 7. The molecule has 1 amide bonds. The molecule has 0 unspecified atom stereocenters. The topological polar surface area (TPSA) is 121 Å². The maximum absolute atomic E-state index is 12.4. The third-order valence-corrected chi connectivity index (χ3v) is 7.49. The fourth-order valence-corrected chi connectivity index (χ4v) is 4.82. The van der Waals surface area contributed by atoms with Crippen molar-refractivity contribution < 1.29 is 22.7 Å². The van der Waals surface area contributed by atoms with E-state index in [1.807, 2.05) is 12.1 Å². The van der Waals surface area contributed by atoms with Gasteiger partial charge in [-0.1, -0.05) is 35.9 Å². The first kappa shape index (κ1) is 24.0. The number of sulfone groups is 1. The summed E-state index contributed by atoms with van der Waals surface area (Å²) in [5, 5.41) is 13.9. The van der Waals surface area contributed by atoms with Crippen molar-refractivity contribution in [1.82, 2.24) is 5.01 Å². The summed E-state index contributed by atoms with van der Waals surface area (Å²) in [6.07, 6.45) is 3.17. The van der Waals surface area contributed by atoms with Crippen molar-refractivity contribution in [2.24, 2.45) is 10.1 Å². The third-order valence-electron chi connectivity index (χ3n) is 4.60. The maximum Gasteiger partial charge on any atom is 0.283 e. The number of carbonyl (C=O) groups is 1. The number of ether oxygens (including phenoxy) is 2. The second-order valence-electron chi connectivity index (χ2n) is 7.21. The Morgan fingerprint density at radius 2 is 1.82 bits per heavy atom. The quantitative estimate of drug-likeness (QED) is 0.437. The number of carbonyl (C=O) groups excluding carboxylic acids is 1. The largest absolute Gasteiger partial charge is 0.493 e. The van der Waals surface area contributed by atoms with Crippen LogP contribution in [0.15, 0.2) is 64.2 Å². The summed E-state index contributed by atoms with van der Waals surface area (Å²) in [4.78, 5) is 16.3. The van der Waals surface area contributed by atoms with Crippen molar-refractivity contribution in [2.45, 2.75) is 6.42 Å². The van der Waals surface area contributed by atoms with Crippen LogP contribution >= 0.6 is 23.4 Å². The van der Waals surface area contributed by atoms with Gasteiger partial charge in [0.2, 0.25) is 19.4 Å². The molecule has 4 rings (SSSR count). The van der Waals surface area contributed by atoms with Gasteiger partial charge in [-0.25, -0.2) is 8.42 Å². The Balaban J connectivity index is 1.34. The fraction of sp³-hybridized carbons (Fsp3) is 0.182. The molecule has 0 aromatic heterocycles. The molecule has 1 N–H and O–H groups in total. The normalized spacial score (nSPS) is 16.9. The van der Waals surface area contributed by atoms with Crippen molar-refractivity contribution in [3.05, 3.63) is 64.7 Å². The van der Waals surface area contributed by atoms with E-state index in [1.165, 1.54) is 6.08 Å². The minimum absolute atomic E-state index is 0.00763. The second kappa shape index (κ2) is 10.00. The number of halogens is 1. The SMILES string of the molecule is CS(=O)(=O)C1=NN2C(=N)/C(=C/c3ccc(OCCCOc4ccccc4Cl)cc3)C(=O)N=C2S1. The molecule has 0 aliphatic carbocycles. The minimum Gasteiger partial charge on any atom is -0.493 e. The zero-order chi connectivity index (χ0) is 24.3. The average Bonchev–Trinajstić information content (AvgIpc) is 3.23. The van der Waals surface area contributed by atoms with Gasteiger partial charge < -0.3 is 9.47 Å². The number of nitrogens with zero attached hydrogens (tertiary/aromatic N) is 3. The van der Waals surface area contributed by atoms with Gasteiger partial charge in [-0.15, -0.1) is 5.10 Å². The molecule has 34 heavy (non-hydrogen) atoms. The van der Waals surface area contributed by atoms with Crippen molar-refractivity contribution >= 4 is 60.6 Å². The summed E-state index contributed by atoms with van der Waals surface area (Å²) in [7, 11) is -3.58. The molecule has 0 spiro atoms. The summed E-state index contributed by atoms with van der Waals surface area (Å²) >= 11 is 6.80. The van der Waals surface area contributed by atoms with Crippen molar-refractivity contribution in [1.29, 1.82) is 5.41 Å². The smallest absolute Gasteiger partial charge is 0.283 e. The molecule has 0 saturated carbocycles. The van der Waals surface area contributed by atoms with Crippen molar-refractivity contribution in [3.8, 4) is 11.5 Å². The summed E-state index contributed by atoms with van der Waals surface area (Å²) in [5.74, 6) is 0.405. The van der Waals surface area contributed by atoms with E-state index in [4.69, 9.17) is 26.5 Å². The first-order valence-corrected chi connectivity index (χ1v) is 13.1. The molecule has 9 nitrogen and oxygen atoms in total. The second-order valence-corrected chi connectivity index (χ2v) is 10.8. The Labute approximate surface area is 205 Å². The summed E-state index contributed by atoms with van der Waals surface area (Å²) in [6, 6.07) is 14.2. The lowest BCUT2D eigenvalue weighted by molar-refractivity contribution is -0.114. The number of fused-ring (bicyclic) bond motifs is 1. The van der Waals surface area contributed by atoms with Crippen LogP contribution in [0.25, 0.3) is 6.08 Å². The lowest BCUT2D eigenvalue weighted by atomic mass is 10.1. The molecule has 0 atom stereocenters. The van der Waals surface area contributed by atoms with Gasteiger partial charge in [0.25, 0.3) is 5.91 Å². The number of para-hydroxylation sites is 1. The molecule has 0 bridgehead atoms. The standard InChI is InChI=1S/C22H19ClN4O5S2/c1-34(29,30)22-26-27-19(24)16(20(28)25-21(27)33-22)13-14-7-9-15(10-8-14)31-11-4-12-32-18-6-3-2-5-17(18)23/h2-3,5-10,13,24H,4,11-12H2,1H3/b16-13-,24-19?. The van der Waals surface area contributed by atoms with Crippen LogP contribution in [-0.4, -0.2) is 54.2 Å². The molecule has 2 aromatic rings. The van der Waals surface area contributed by atoms with Gasteiger partial charge in [0.05, 0.1) is 23.8 Å². The predicted octanol–water partition coefficient (Wildman–Crippen LogP) is 3.81. The highest BCUT2D eigenvalue weighted by atomic mass is 35.5. The van der Waals surface area contributed by atoms with Crippen LogP contribution in [0, 0.1) is 5.41 Å². The van der Waals surface area contributed by atoms with E-state index in [2.05, 4.69) is 10.1 Å². The van der Waals surface area contributed by atoms with Gasteiger partial charge >= 0.3 is 0 Å². The summed E-state index contributed by atoms with van der Waals surface area (Å²) in [5.41, 5.74) is 0.661. The monoisotopic (exact) mass is 518 g/mol. The lowest BCUT2D eigenvalue weighted by Gasteiger charge is -2.20. The van der Waals surface area contributed by atoms with E-state index in [1.54, 1.807) is 36.4 Å². The van der Waals surface area contributed by atoms with Crippen molar-refractivity contribution in [2.75, 3.05) is 19.5 Å². The predicted molar refractivity (Wildman–Crippen MR) is 133 cm³/mol. The Bertz CT molecular complexity index is 1340. The van der Waals surface area contributed by atoms with E-state index in [0.717, 1.165) is 23.0 Å². The minimum atomic E-state index is -3.58. The number of hydrogen-bond acceptors (Lipinski definition) is 8. The lowest BCUT2D eigenvalue weighted by Crippen LogP contribution is -2.35. The Hall–Kier alpha value is -3.15. The van der Waals surface area contributed by atoms with Gasteiger partial charge in [0.1, 0.15) is 11.5 Å². The Morgan fingerprint density at radius 1 is 1.12 bits per heavy atom. The van der Waals surface area contributed by atoms with Crippen LogP contribution in [0.2, 0.25) is 5.02 Å². The molecule has 2 aromatic carbocycles. The summed E-state index contributed by atoms with van der Waals surface area (Å²) in [6.45, 7) is 0.901. The number of aliphatic imine (C=N–C) groups is 1. The van der Waals surface area contributed by atoms with Crippen LogP contribution in [0.3, 0.4) is 0 Å². The summed E-state index contributed by atoms with van der Waals surface area (Å²) < 4.78 is 34.6. The van der Waals surface area contributed by atoms with Crippen LogP contribution < -0.4 is 9.47 Å². The number of hydrazone groups is 1. The van der Waals surface area contributed by atoms with Crippen LogP contribution in [0.5, 0.6) is 11.5 Å². The fourth-order valence-electron chi connectivity index (χ4n) is 2.94. The number of thioether (sulfide) groups is 1. The molecule has 2 aliphatic heterocycles.